The monoisotopic (exact) mass is 460 g/mol. The second kappa shape index (κ2) is 9.34. The third-order valence-corrected chi connectivity index (χ3v) is 7.07. The Kier molecular flexibility index (Phi) is 6.33. The fourth-order valence-electron chi connectivity index (χ4n) is 3.57. The van der Waals surface area contributed by atoms with Gasteiger partial charge in [-0.05, 0) is 54.1 Å². The maximum Gasteiger partial charge on any atom is 0.243 e. The van der Waals surface area contributed by atoms with Crippen LogP contribution in [0.3, 0.4) is 0 Å². The van der Waals surface area contributed by atoms with Crippen LogP contribution in [-0.4, -0.2) is 28.0 Å². The van der Waals surface area contributed by atoms with Crippen LogP contribution in [-0.2, 0) is 14.6 Å². The summed E-state index contributed by atoms with van der Waals surface area (Å²) < 4.78 is 31.8. The molecule has 0 saturated heterocycles. The van der Waals surface area contributed by atoms with Crippen molar-refractivity contribution in [2.75, 3.05) is 24.3 Å². The number of hydrogen-bond acceptors (Lipinski definition) is 5. The number of methoxy groups -OCH3 is 1. The summed E-state index contributed by atoms with van der Waals surface area (Å²) in [5, 5.41) is 7.96. The van der Waals surface area contributed by atoms with Gasteiger partial charge in [-0.3, -0.25) is 4.79 Å². The van der Waals surface area contributed by atoms with Crippen LogP contribution in [0.4, 0.5) is 11.4 Å². The van der Waals surface area contributed by atoms with E-state index in [9.17, 15) is 13.2 Å². The highest BCUT2D eigenvalue weighted by Crippen LogP contribution is 2.35. The highest BCUT2D eigenvalue weighted by Gasteiger charge is 2.24. The van der Waals surface area contributed by atoms with Gasteiger partial charge >= 0.3 is 0 Å². The fraction of sp³-hybridized carbons (Fsp3) is 0.115. The van der Waals surface area contributed by atoms with E-state index in [1.165, 1.54) is 13.2 Å². The van der Waals surface area contributed by atoms with Gasteiger partial charge in [0, 0.05) is 5.69 Å². The number of anilines is 2. The van der Waals surface area contributed by atoms with Gasteiger partial charge in [0.2, 0.25) is 15.7 Å². The van der Waals surface area contributed by atoms with Crippen LogP contribution >= 0.6 is 0 Å². The van der Waals surface area contributed by atoms with Crippen LogP contribution in [0.15, 0.2) is 94.7 Å². The molecule has 0 saturated carbocycles. The van der Waals surface area contributed by atoms with Gasteiger partial charge in [0.1, 0.15) is 4.90 Å². The quantitative estimate of drug-likeness (QED) is 0.404. The van der Waals surface area contributed by atoms with Crippen LogP contribution in [0.1, 0.15) is 5.56 Å². The molecule has 4 rings (SSSR count). The van der Waals surface area contributed by atoms with Gasteiger partial charge in [0.25, 0.3) is 0 Å². The minimum Gasteiger partial charge on any atom is -0.493 e. The van der Waals surface area contributed by atoms with Gasteiger partial charge in [-0.2, -0.15) is 0 Å². The molecular formula is C26H24N2O4S. The van der Waals surface area contributed by atoms with Crippen molar-refractivity contribution in [1.29, 1.82) is 0 Å². The van der Waals surface area contributed by atoms with Crippen molar-refractivity contribution in [2.45, 2.75) is 16.7 Å². The summed E-state index contributed by atoms with van der Waals surface area (Å²) in [4.78, 5) is 12.7. The smallest absolute Gasteiger partial charge is 0.243 e. The predicted octanol–water partition coefficient (Wildman–Crippen LogP) is 5.04. The normalized spacial score (nSPS) is 11.2. The summed E-state index contributed by atoms with van der Waals surface area (Å²) in [5.41, 5.74) is 2.07. The number of nitrogens with one attached hydrogen (secondary N) is 2. The number of hydrogen-bond donors (Lipinski definition) is 2. The molecule has 168 valence electrons. The summed E-state index contributed by atoms with van der Waals surface area (Å²) in [6.45, 7) is 1.84. The zero-order chi connectivity index (χ0) is 23.4. The van der Waals surface area contributed by atoms with E-state index in [4.69, 9.17) is 4.74 Å². The van der Waals surface area contributed by atoms with Crippen LogP contribution in [0.2, 0.25) is 0 Å². The number of amides is 1. The molecule has 7 heteroatoms. The van der Waals surface area contributed by atoms with Gasteiger partial charge in [0.05, 0.1) is 24.2 Å². The Morgan fingerprint density at radius 1 is 0.879 bits per heavy atom. The van der Waals surface area contributed by atoms with E-state index < -0.39 is 9.84 Å². The number of fused-ring (bicyclic) bond motifs is 1. The highest BCUT2D eigenvalue weighted by atomic mass is 32.2. The number of carbonyl (C=O) groups excluding carboxylic acids is 1. The van der Waals surface area contributed by atoms with Crippen molar-refractivity contribution in [3.05, 3.63) is 90.5 Å². The van der Waals surface area contributed by atoms with Crippen LogP contribution in [0.5, 0.6) is 5.75 Å². The Labute approximate surface area is 193 Å². The minimum absolute atomic E-state index is 0.0359. The molecule has 0 radical (unpaired) electrons. The SMILES string of the molecule is COc1c(NCC(=O)Nc2ccc3ccccc3c2)cccc1S(=O)(=O)c1ccc(C)cc1. The summed E-state index contributed by atoms with van der Waals surface area (Å²) >= 11 is 0. The number of sulfone groups is 1. The second-order valence-corrected chi connectivity index (χ2v) is 9.54. The number of rotatable bonds is 7. The largest absolute Gasteiger partial charge is 0.493 e. The Morgan fingerprint density at radius 2 is 1.61 bits per heavy atom. The van der Waals surface area contributed by atoms with Crippen molar-refractivity contribution in [3.63, 3.8) is 0 Å². The van der Waals surface area contributed by atoms with Crippen molar-refractivity contribution in [1.82, 2.24) is 0 Å². The summed E-state index contributed by atoms with van der Waals surface area (Å²) in [5.74, 6) is -0.101. The van der Waals surface area contributed by atoms with E-state index in [0.29, 0.717) is 11.4 Å². The average Bonchev–Trinajstić information content (AvgIpc) is 2.82. The second-order valence-electron chi connectivity index (χ2n) is 7.62. The van der Waals surface area contributed by atoms with Crippen LogP contribution < -0.4 is 15.4 Å². The first-order chi connectivity index (χ1) is 15.9. The Bertz CT molecular complexity index is 1410. The molecule has 0 heterocycles. The number of para-hydroxylation sites is 1. The Hall–Kier alpha value is -3.84. The molecular weight excluding hydrogens is 436 g/mol. The Balaban J connectivity index is 1.52. The maximum absolute atomic E-state index is 13.2. The van der Waals surface area contributed by atoms with E-state index in [1.54, 1.807) is 36.4 Å². The number of aryl methyl sites for hydroxylation is 1. The maximum atomic E-state index is 13.2. The lowest BCUT2D eigenvalue weighted by molar-refractivity contribution is -0.114. The first-order valence-electron chi connectivity index (χ1n) is 10.4. The zero-order valence-electron chi connectivity index (χ0n) is 18.3. The molecule has 0 aliphatic rings. The van der Waals surface area contributed by atoms with Crippen molar-refractivity contribution >= 4 is 37.9 Å². The van der Waals surface area contributed by atoms with Gasteiger partial charge in [-0.15, -0.1) is 0 Å². The van der Waals surface area contributed by atoms with Gasteiger partial charge in [0.15, 0.2) is 5.75 Å². The van der Waals surface area contributed by atoms with E-state index in [-0.39, 0.29) is 28.0 Å². The van der Waals surface area contributed by atoms with E-state index in [1.807, 2.05) is 49.4 Å². The third-order valence-electron chi connectivity index (χ3n) is 5.28. The minimum atomic E-state index is -3.79. The predicted molar refractivity (Wildman–Crippen MR) is 131 cm³/mol. The van der Waals surface area contributed by atoms with E-state index in [0.717, 1.165) is 16.3 Å². The topological polar surface area (TPSA) is 84.5 Å². The first kappa shape index (κ1) is 22.4. The van der Waals surface area contributed by atoms with Crippen LogP contribution in [0, 0.1) is 6.92 Å². The molecule has 0 fully saturated rings. The third kappa shape index (κ3) is 4.83. The van der Waals surface area contributed by atoms with Crippen molar-refractivity contribution in [3.8, 4) is 5.75 Å². The molecule has 2 N–H and O–H groups in total. The van der Waals surface area contributed by atoms with E-state index >= 15 is 0 Å². The molecule has 0 aromatic heterocycles. The molecule has 0 aliphatic carbocycles. The standard InChI is InChI=1S/C26H24N2O4S/c1-18-10-14-22(15-11-18)33(30,31)24-9-5-8-23(26(24)32-2)27-17-25(29)28-21-13-12-19-6-3-4-7-20(19)16-21/h3-16,27H,17H2,1-2H3,(H,28,29). The van der Waals surface area contributed by atoms with Crippen molar-refractivity contribution in [2.24, 2.45) is 0 Å². The van der Waals surface area contributed by atoms with E-state index in [2.05, 4.69) is 10.6 Å². The molecule has 0 bridgehead atoms. The number of benzene rings is 4. The first-order valence-corrected chi connectivity index (χ1v) is 11.9. The molecule has 0 aliphatic heterocycles. The lowest BCUT2D eigenvalue weighted by Crippen LogP contribution is -2.22. The fourth-order valence-corrected chi connectivity index (χ4v) is 5.01. The summed E-state index contributed by atoms with van der Waals surface area (Å²) in [7, 11) is -2.39. The summed E-state index contributed by atoms with van der Waals surface area (Å²) in [6.07, 6.45) is 0. The molecule has 1 amide bonds. The lowest BCUT2D eigenvalue weighted by Gasteiger charge is -2.15. The number of ether oxygens (including phenoxy) is 1. The lowest BCUT2D eigenvalue weighted by atomic mass is 10.1. The molecule has 0 atom stereocenters. The molecule has 6 nitrogen and oxygen atoms in total. The number of carbonyl (C=O) groups is 1. The molecule has 4 aromatic rings. The molecule has 33 heavy (non-hydrogen) atoms. The summed E-state index contributed by atoms with van der Waals surface area (Å²) in [6, 6.07) is 25.0. The average molecular weight is 461 g/mol. The zero-order valence-corrected chi connectivity index (χ0v) is 19.1. The Morgan fingerprint density at radius 3 is 2.33 bits per heavy atom. The molecule has 4 aromatic carbocycles. The van der Waals surface area contributed by atoms with Gasteiger partial charge < -0.3 is 15.4 Å². The van der Waals surface area contributed by atoms with Crippen molar-refractivity contribution < 1.29 is 17.9 Å². The van der Waals surface area contributed by atoms with Gasteiger partial charge in [-0.25, -0.2) is 8.42 Å². The molecule has 0 spiro atoms. The van der Waals surface area contributed by atoms with Crippen LogP contribution in [0.25, 0.3) is 10.8 Å². The molecule has 0 unspecified atom stereocenters. The van der Waals surface area contributed by atoms with Gasteiger partial charge in [-0.1, -0.05) is 54.1 Å². The highest BCUT2D eigenvalue weighted by molar-refractivity contribution is 7.91.